The van der Waals surface area contributed by atoms with Crippen LogP contribution in [0.1, 0.15) is 16.8 Å². The van der Waals surface area contributed by atoms with Gasteiger partial charge in [0.05, 0.1) is 5.56 Å². The number of hydrogen-bond acceptors (Lipinski definition) is 2. The summed E-state index contributed by atoms with van der Waals surface area (Å²) < 4.78 is 2.21. The maximum absolute atomic E-state index is 11.9. The zero-order chi connectivity index (χ0) is 14.5. The van der Waals surface area contributed by atoms with Crippen LogP contribution in [0, 0.1) is 0 Å². The van der Waals surface area contributed by atoms with Gasteiger partial charge in [-0.25, -0.2) is 0 Å². The van der Waals surface area contributed by atoms with Gasteiger partial charge < -0.3 is 9.88 Å². The Kier molecular flexibility index (Phi) is 3.96. The molecule has 21 heavy (non-hydrogen) atoms. The molecule has 0 aliphatic heterocycles. The molecule has 4 nitrogen and oxygen atoms in total. The molecule has 0 spiro atoms. The largest absolute Gasteiger partial charge is 0.352 e. The molecule has 0 bridgehead atoms. The summed E-state index contributed by atoms with van der Waals surface area (Å²) in [5, 5.41) is 4.16. The van der Waals surface area contributed by atoms with Gasteiger partial charge in [-0.1, -0.05) is 18.2 Å². The van der Waals surface area contributed by atoms with Crippen LogP contribution in [0.5, 0.6) is 0 Å². The molecule has 0 unspecified atom stereocenters. The quantitative estimate of drug-likeness (QED) is 0.730. The Morgan fingerprint density at radius 1 is 1.14 bits per heavy atom. The fourth-order valence-corrected chi connectivity index (χ4v) is 2.39. The molecule has 3 rings (SSSR count). The number of carbonyl (C=O) groups excluding carboxylic acids is 1. The van der Waals surface area contributed by atoms with Gasteiger partial charge in [0, 0.05) is 37.2 Å². The fraction of sp³-hybridized carbons (Fsp3) is 0.176. The second-order valence-electron chi connectivity index (χ2n) is 4.92. The Labute approximate surface area is 123 Å². The van der Waals surface area contributed by atoms with Gasteiger partial charge in [0.25, 0.3) is 5.91 Å². The summed E-state index contributed by atoms with van der Waals surface area (Å²) in [5.41, 5.74) is 1.83. The summed E-state index contributed by atoms with van der Waals surface area (Å²) in [4.78, 5) is 15.8. The maximum atomic E-state index is 11.9. The predicted octanol–water partition coefficient (Wildman–Crippen LogP) is 2.86. The third kappa shape index (κ3) is 3.11. The first kappa shape index (κ1) is 13.4. The number of nitrogens with one attached hydrogen (secondary N) is 1. The van der Waals surface area contributed by atoms with Crippen molar-refractivity contribution in [3.63, 3.8) is 0 Å². The number of carbonyl (C=O) groups is 1. The van der Waals surface area contributed by atoms with Crippen LogP contribution in [0.25, 0.3) is 10.9 Å². The van der Waals surface area contributed by atoms with Crippen molar-refractivity contribution in [3.05, 3.63) is 66.6 Å². The van der Waals surface area contributed by atoms with Crippen molar-refractivity contribution in [2.75, 3.05) is 6.54 Å². The third-order valence-corrected chi connectivity index (χ3v) is 3.47. The van der Waals surface area contributed by atoms with E-state index < -0.39 is 0 Å². The van der Waals surface area contributed by atoms with E-state index in [1.165, 1.54) is 10.9 Å². The van der Waals surface area contributed by atoms with Crippen molar-refractivity contribution in [2.24, 2.45) is 0 Å². The highest BCUT2D eigenvalue weighted by Gasteiger charge is 2.04. The summed E-state index contributed by atoms with van der Waals surface area (Å²) in [7, 11) is 0. The van der Waals surface area contributed by atoms with Crippen molar-refractivity contribution in [2.45, 2.75) is 13.0 Å². The number of hydrogen-bond donors (Lipinski definition) is 1. The van der Waals surface area contributed by atoms with E-state index in [2.05, 4.69) is 39.3 Å². The number of pyridine rings is 1. The standard InChI is InChI=1S/C17H17N3O/c21-17(15-6-3-9-18-13-15)19-10-4-11-20-12-8-14-5-1-2-7-16(14)20/h1-3,5-9,12-13H,4,10-11H2,(H,19,21). The van der Waals surface area contributed by atoms with Crippen molar-refractivity contribution in [1.29, 1.82) is 0 Å². The molecule has 3 aromatic rings. The molecule has 0 aliphatic carbocycles. The minimum Gasteiger partial charge on any atom is -0.352 e. The Hall–Kier alpha value is -2.62. The van der Waals surface area contributed by atoms with E-state index in [0.29, 0.717) is 12.1 Å². The fourth-order valence-electron chi connectivity index (χ4n) is 2.39. The summed E-state index contributed by atoms with van der Waals surface area (Å²) in [5.74, 6) is -0.0690. The van der Waals surface area contributed by atoms with E-state index in [4.69, 9.17) is 0 Å². The molecule has 0 radical (unpaired) electrons. The highest BCUT2D eigenvalue weighted by Crippen LogP contribution is 2.15. The zero-order valence-electron chi connectivity index (χ0n) is 11.7. The average Bonchev–Trinajstić information content (AvgIpc) is 2.95. The van der Waals surface area contributed by atoms with E-state index in [1.54, 1.807) is 24.5 Å². The van der Waals surface area contributed by atoms with Crippen LogP contribution in [0.4, 0.5) is 0 Å². The minimum atomic E-state index is -0.0690. The lowest BCUT2D eigenvalue weighted by molar-refractivity contribution is 0.0952. The highest BCUT2D eigenvalue weighted by molar-refractivity contribution is 5.93. The average molecular weight is 279 g/mol. The first-order valence-corrected chi connectivity index (χ1v) is 7.07. The number of aromatic nitrogens is 2. The van der Waals surface area contributed by atoms with Gasteiger partial charge in [-0.15, -0.1) is 0 Å². The normalized spacial score (nSPS) is 10.7. The molecule has 4 heteroatoms. The lowest BCUT2D eigenvalue weighted by Gasteiger charge is -2.07. The van der Waals surface area contributed by atoms with Crippen LogP contribution in [-0.4, -0.2) is 22.0 Å². The van der Waals surface area contributed by atoms with Crippen LogP contribution >= 0.6 is 0 Å². The van der Waals surface area contributed by atoms with Crippen molar-refractivity contribution >= 4 is 16.8 Å². The van der Waals surface area contributed by atoms with E-state index in [1.807, 2.05) is 12.1 Å². The van der Waals surface area contributed by atoms with Gasteiger partial charge in [0.2, 0.25) is 0 Å². The molecule has 1 aromatic carbocycles. The van der Waals surface area contributed by atoms with Gasteiger partial charge in [-0.3, -0.25) is 9.78 Å². The Morgan fingerprint density at radius 3 is 2.90 bits per heavy atom. The smallest absolute Gasteiger partial charge is 0.252 e. The number of amides is 1. The molecule has 1 amide bonds. The zero-order valence-corrected chi connectivity index (χ0v) is 11.7. The number of para-hydroxylation sites is 1. The third-order valence-electron chi connectivity index (χ3n) is 3.47. The molecule has 2 heterocycles. The summed E-state index contributed by atoms with van der Waals surface area (Å²) in [6.07, 6.45) is 6.22. The molecule has 0 saturated carbocycles. The topological polar surface area (TPSA) is 46.9 Å². The lowest BCUT2D eigenvalue weighted by Crippen LogP contribution is -2.25. The second kappa shape index (κ2) is 6.22. The van der Waals surface area contributed by atoms with Crippen molar-refractivity contribution in [3.8, 4) is 0 Å². The van der Waals surface area contributed by atoms with Crippen molar-refractivity contribution < 1.29 is 4.79 Å². The van der Waals surface area contributed by atoms with Crippen LogP contribution in [-0.2, 0) is 6.54 Å². The highest BCUT2D eigenvalue weighted by atomic mass is 16.1. The number of nitrogens with zero attached hydrogens (tertiary/aromatic N) is 2. The van der Waals surface area contributed by atoms with E-state index in [9.17, 15) is 4.79 Å². The number of aryl methyl sites for hydroxylation is 1. The summed E-state index contributed by atoms with van der Waals surface area (Å²) in [6.45, 7) is 1.54. The molecular formula is C17H17N3O. The van der Waals surface area contributed by atoms with Crippen LogP contribution < -0.4 is 5.32 Å². The first-order chi connectivity index (χ1) is 10.3. The predicted molar refractivity (Wildman–Crippen MR) is 83.1 cm³/mol. The van der Waals surface area contributed by atoms with Crippen LogP contribution in [0.2, 0.25) is 0 Å². The van der Waals surface area contributed by atoms with E-state index in [0.717, 1.165) is 13.0 Å². The van der Waals surface area contributed by atoms with Gasteiger partial charge in [0.1, 0.15) is 0 Å². The lowest BCUT2D eigenvalue weighted by atomic mass is 10.2. The monoisotopic (exact) mass is 279 g/mol. The number of rotatable bonds is 5. The van der Waals surface area contributed by atoms with Gasteiger partial charge >= 0.3 is 0 Å². The minimum absolute atomic E-state index is 0.0690. The van der Waals surface area contributed by atoms with Crippen LogP contribution in [0.3, 0.4) is 0 Å². The van der Waals surface area contributed by atoms with Gasteiger partial charge in [-0.2, -0.15) is 0 Å². The van der Waals surface area contributed by atoms with E-state index >= 15 is 0 Å². The molecule has 0 saturated heterocycles. The van der Waals surface area contributed by atoms with Crippen molar-refractivity contribution in [1.82, 2.24) is 14.9 Å². The molecule has 106 valence electrons. The Morgan fingerprint density at radius 2 is 2.05 bits per heavy atom. The molecule has 0 atom stereocenters. The molecule has 2 aromatic heterocycles. The molecular weight excluding hydrogens is 262 g/mol. The molecule has 0 aliphatic rings. The second-order valence-corrected chi connectivity index (χ2v) is 4.92. The summed E-state index contributed by atoms with van der Waals surface area (Å²) >= 11 is 0. The first-order valence-electron chi connectivity index (χ1n) is 7.07. The Balaban J connectivity index is 1.52. The van der Waals surface area contributed by atoms with Crippen LogP contribution in [0.15, 0.2) is 61.1 Å². The van der Waals surface area contributed by atoms with Gasteiger partial charge in [0.15, 0.2) is 0 Å². The van der Waals surface area contributed by atoms with E-state index in [-0.39, 0.29) is 5.91 Å². The SMILES string of the molecule is O=C(NCCCn1ccc2ccccc21)c1cccnc1. The molecule has 1 N–H and O–H groups in total. The Bertz CT molecular complexity index is 734. The number of benzene rings is 1. The van der Waals surface area contributed by atoms with Gasteiger partial charge in [-0.05, 0) is 36.1 Å². The summed E-state index contributed by atoms with van der Waals surface area (Å²) in [6, 6.07) is 14.0. The molecule has 0 fully saturated rings. The maximum Gasteiger partial charge on any atom is 0.252 e. The number of fused-ring (bicyclic) bond motifs is 1.